The number of hydrogen-bond acceptors (Lipinski definition) is 3. The number of carboxylic acid groups (broad SMARTS) is 1. The van der Waals surface area contributed by atoms with Crippen molar-refractivity contribution in [2.75, 3.05) is 25.0 Å². The topological polar surface area (TPSA) is 77.9 Å². The molecule has 7 heteroatoms. The monoisotopic (exact) mass is 398 g/mol. The highest BCUT2D eigenvalue weighted by Gasteiger charge is 2.51. The quantitative estimate of drug-likeness (QED) is 0.842. The molecule has 1 fully saturated rings. The van der Waals surface area contributed by atoms with Gasteiger partial charge in [0.15, 0.2) is 0 Å². The van der Waals surface area contributed by atoms with E-state index in [1.54, 1.807) is 53.2 Å². The van der Waals surface area contributed by atoms with Gasteiger partial charge in [-0.25, -0.2) is 4.79 Å². The van der Waals surface area contributed by atoms with Crippen LogP contribution in [0.25, 0.3) is 0 Å². The molecular weight excluding hydrogens is 380 g/mol. The zero-order valence-electron chi connectivity index (χ0n) is 15.3. The molecule has 2 aromatic rings. The molecular formula is C21H19ClN2O4. The van der Waals surface area contributed by atoms with Crippen molar-refractivity contribution in [2.45, 2.75) is 18.3 Å². The third kappa shape index (κ3) is 2.76. The Kier molecular flexibility index (Phi) is 4.38. The van der Waals surface area contributed by atoms with Crippen LogP contribution in [0.1, 0.15) is 39.1 Å². The number of amides is 2. The van der Waals surface area contributed by atoms with Crippen LogP contribution in [0.15, 0.2) is 42.5 Å². The van der Waals surface area contributed by atoms with Crippen LogP contribution in [0.2, 0.25) is 5.02 Å². The molecule has 28 heavy (non-hydrogen) atoms. The number of likely N-dealkylation sites (N-methyl/N-ethyl adjacent to an activating group) is 1. The van der Waals surface area contributed by atoms with E-state index in [-0.39, 0.29) is 17.4 Å². The smallest absolute Gasteiger partial charge is 0.335 e. The lowest BCUT2D eigenvalue weighted by Gasteiger charge is -2.38. The van der Waals surface area contributed by atoms with Crippen molar-refractivity contribution in [3.63, 3.8) is 0 Å². The Morgan fingerprint density at radius 2 is 1.64 bits per heavy atom. The normalized spacial score (nSPS) is 17.7. The van der Waals surface area contributed by atoms with Gasteiger partial charge < -0.3 is 14.9 Å². The van der Waals surface area contributed by atoms with Crippen LogP contribution in [0.5, 0.6) is 0 Å². The Morgan fingerprint density at radius 3 is 2.25 bits per heavy atom. The number of carboxylic acids is 1. The molecule has 1 N–H and O–H groups in total. The van der Waals surface area contributed by atoms with E-state index >= 15 is 0 Å². The highest BCUT2D eigenvalue weighted by Crippen LogP contribution is 2.47. The van der Waals surface area contributed by atoms with Crippen LogP contribution in [-0.4, -0.2) is 47.9 Å². The maximum absolute atomic E-state index is 13.1. The zero-order valence-corrected chi connectivity index (χ0v) is 16.1. The number of carbonyl (C=O) groups is 3. The third-order valence-corrected chi connectivity index (χ3v) is 6.08. The molecule has 144 valence electrons. The molecule has 1 spiro atoms. The first-order chi connectivity index (χ1) is 13.3. The number of nitrogens with zero attached hydrogens (tertiary/aromatic N) is 2. The van der Waals surface area contributed by atoms with Crippen LogP contribution >= 0.6 is 11.6 Å². The summed E-state index contributed by atoms with van der Waals surface area (Å²) in [7, 11) is 1.71. The van der Waals surface area contributed by atoms with Gasteiger partial charge in [-0.3, -0.25) is 9.59 Å². The minimum absolute atomic E-state index is 0.0383. The first-order valence-electron chi connectivity index (χ1n) is 9.04. The second-order valence-electron chi connectivity index (χ2n) is 7.28. The van der Waals surface area contributed by atoms with Gasteiger partial charge in [0.25, 0.3) is 5.91 Å². The molecule has 2 heterocycles. The number of piperidine rings is 1. The van der Waals surface area contributed by atoms with Crippen molar-refractivity contribution in [2.24, 2.45) is 0 Å². The molecule has 0 unspecified atom stereocenters. The Labute approximate surface area is 167 Å². The lowest BCUT2D eigenvalue weighted by atomic mass is 9.73. The summed E-state index contributed by atoms with van der Waals surface area (Å²) in [6, 6.07) is 11.6. The van der Waals surface area contributed by atoms with Crippen LogP contribution in [0.3, 0.4) is 0 Å². The largest absolute Gasteiger partial charge is 0.478 e. The second-order valence-corrected chi connectivity index (χ2v) is 7.72. The highest BCUT2D eigenvalue weighted by atomic mass is 35.5. The van der Waals surface area contributed by atoms with Crippen LogP contribution in [0.4, 0.5) is 5.69 Å². The van der Waals surface area contributed by atoms with Gasteiger partial charge in [-0.05, 0) is 60.9 Å². The Balaban J connectivity index is 1.61. The van der Waals surface area contributed by atoms with Crippen molar-refractivity contribution in [1.82, 2.24) is 4.90 Å². The maximum atomic E-state index is 13.1. The standard InChI is InChI=1S/C21H19ClN2O4/c1-23-17-7-4-14(19(26)27)12-16(17)21(20(23)28)8-10-24(11-9-21)18(25)13-2-5-15(22)6-3-13/h2-7,12H,8-11H2,1H3,(H,26,27). The van der Waals surface area contributed by atoms with E-state index in [0.717, 1.165) is 11.3 Å². The molecule has 6 nitrogen and oxygen atoms in total. The van der Waals surface area contributed by atoms with E-state index < -0.39 is 11.4 Å². The molecule has 2 aliphatic heterocycles. The summed E-state index contributed by atoms with van der Waals surface area (Å²) in [5, 5.41) is 9.90. The van der Waals surface area contributed by atoms with E-state index in [1.165, 1.54) is 6.07 Å². The lowest BCUT2D eigenvalue weighted by molar-refractivity contribution is -0.124. The highest BCUT2D eigenvalue weighted by molar-refractivity contribution is 6.30. The van der Waals surface area contributed by atoms with Crippen molar-refractivity contribution >= 4 is 35.1 Å². The number of fused-ring (bicyclic) bond motifs is 2. The zero-order chi connectivity index (χ0) is 20.1. The Morgan fingerprint density at radius 1 is 1.04 bits per heavy atom. The average molecular weight is 399 g/mol. The fraction of sp³-hybridized carbons (Fsp3) is 0.286. The van der Waals surface area contributed by atoms with Gasteiger partial charge >= 0.3 is 5.97 Å². The molecule has 0 atom stereocenters. The van der Waals surface area contributed by atoms with Gasteiger partial charge in [0.05, 0.1) is 11.0 Å². The summed E-state index contributed by atoms with van der Waals surface area (Å²) >= 11 is 5.89. The number of benzene rings is 2. The Hall–Kier alpha value is -2.86. The number of likely N-dealkylation sites (tertiary alicyclic amines) is 1. The SMILES string of the molecule is CN1C(=O)C2(CCN(C(=O)c3ccc(Cl)cc3)CC2)c2cc(C(=O)O)ccc21. The molecule has 0 aliphatic carbocycles. The molecule has 0 aromatic heterocycles. The maximum Gasteiger partial charge on any atom is 0.335 e. The van der Waals surface area contributed by atoms with Crippen molar-refractivity contribution in [3.8, 4) is 0 Å². The number of hydrogen-bond donors (Lipinski definition) is 1. The number of aromatic carboxylic acids is 1. The van der Waals surface area contributed by atoms with Crippen LogP contribution in [-0.2, 0) is 10.2 Å². The summed E-state index contributed by atoms with van der Waals surface area (Å²) in [4.78, 5) is 40.6. The molecule has 0 bridgehead atoms. The number of anilines is 1. The van der Waals surface area contributed by atoms with E-state index in [2.05, 4.69) is 0 Å². The van der Waals surface area contributed by atoms with Gasteiger partial charge in [-0.1, -0.05) is 11.6 Å². The van der Waals surface area contributed by atoms with Crippen LogP contribution < -0.4 is 4.90 Å². The van der Waals surface area contributed by atoms with Gasteiger partial charge in [0.2, 0.25) is 5.91 Å². The van der Waals surface area contributed by atoms with Crippen molar-refractivity contribution < 1.29 is 19.5 Å². The van der Waals surface area contributed by atoms with E-state index in [1.807, 2.05) is 0 Å². The van der Waals surface area contributed by atoms with Crippen molar-refractivity contribution in [1.29, 1.82) is 0 Å². The molecule has 2 aliphatic rings. The lowest BCUT2D eigenvalue weighted by Crippen LogP contribution is -2.49. The first kappa shape index (κ1) is 18.5. The van der Waals surface area contributed by atoms with Gasteiger partial charge in [-0.15, -0.1) is 0 Å². The van der Waals surface area contributed by atoms with Crippen molar-refractivity contribution in [3.05, 3.63) is 64.2 Å². The minimum Gasteiger partial charge on any atom is -0.478 e. The number of rotatable bonds is 2. The summed E-state index contributed by atoms with van der Waals surface area (Å²) in [6.45, 7) is 0.857. The average Bonchev–Trinajstić information content (AvgIpc) is 2.90. The van der Waals surface area contributed by atoms with E-state index in [9.17, 15) is 19.5 Å². The molecule has 1 saturated heterocycles. The summed E-state index contributed by atoms with van der Waals surface area (Å²) < 4.78 is 0. The third-order valence-electron chi connectivity index (χ3n) is 5.83. The van der Waals surface area contributed by atoms with Gasteiger partial charge in [-0.2, -0.15) is 0 Å². The predicted octanol–water partition coefficient (Wildman–Crippen LogP) is 3.19. The molecule has 2 amide bonds. The Bertz CT molecular complexity index is 978. The summed E-state index contributed by atoms with van der Waals surface area (Å²) in [5.41, 5.74) is 1.45. The van der Waals surface area contributed by atoms with Crippen LogP contribution in [0, 0.1) is 0 Å². The fourth-order valence-electron chi connectivity index (χ4n) is 4.24. The predicted molar refractivity (Wildman–Crippen MR) is 105 cm³/mol. The number of carbonyl (C=O) groups excluding carboxylic acids is 2. The molecule has 4 rings (SSSR count). The fourth-order valence-corrected chi connectivity index (χ4v) is 4.37. The molecule has 0 radical (unpaired) electrons. The van der Waals surface area contributed by atoms with E-state index in [0.29, 0.717) is 36.5 Å². The second kappa shape index (κ2) is 6.63. The molecule has 0 saturated carbocycles. The van der Waals surface area contributed by atoms with Gasteiger partial charge in [0.1, 0.15) is 0 Å². The molecule has 2 aromatic carbocycles. The minimum atomic E-state index is -1.02. The summed E-state index contributed by atoms with van der Waals surface area (Å²) in [5.74, 6) is -1.15. The summed E-state index contributed by atoms with van der Waals surface area (Å²) in [6.07, 6.45) is 0.928. The number of halogens is 1. The van der Waals surface area contributed by atoms with Gasteiger partial charge in [0, 0.05) is 36.4 Å². The first-order valence-corrected chi connectivity index (χ1v) is 9.42. The van der Waals surface area contributed by atoms with E-state index in [4.69, 9.17) is 11.6 Å².